The molecule has 4 rings (SSSR count). The van der Waals surface area contributed by atoms with Gasteiger partial charge in [-0.3, -0.25) is 9.13 Å². The number of imidazole rings is 1. The lowest BCUT2D eigenvalue weighted by atomic mass is 10.2. The Bertz CT molecular complexity index is 1350. The average molecular weight is 544 g/mol. The molecule has 3 aromatic carbocycles. The Morgan fingerprint density at radius 3 is 2.14 bits per heavy atom. The second-order valence-corrected chi connectivity index (χ2v) is 10.6. The van der Waals surface area contributed by atoms with E-state index in [0.717, 1.165) is 32.5 Å². The van der Waals surface area contributed by atoms with Crippen molar-refractivity contribution in [1.29, 1.82) is 0 Å². The normalized spacial score (nSPS) is 11.3. The van der Waals surface area contributed by atoms with Gasteiger partial charge in [-0.1, -0.05) is 77.4 Å². The summed E-state index contributed by atoms with van der Waals surface area (Å²) in [7, 11) is 1.77. The van der Waals surface area contributed by atoms with Crippen LogP contribution in [-0.4, -0.2) is 9.13 Å². The second kappa shape index (κ2) is 12.1. The fourth-order valence-corrected chi connectivity index (χ4v) is 5.71. The molecule has 0 radical (unpaired) electrons. The molecule has 0 bridgehead atoms. The molecule has 0 aliphatic rings. The van der Waals surface area contributed by atoms with Gasteiger partial charge in [0.25, 0.3) is 0 Å². The Hall–Kier alpha value is -2.64. The van der Waals surface area contributed by atoms with Gasteiger partial charge in [-0.15, -0.1) is 0 Å². The first-order chi connectivity index (χ1) is 17.3. The van der Waals surface area contributed by atoms with Crippen LogP contribution in [0.4, 0.5) is 0 Å². The van der Waals surface area contributed by atoms with Crippen LogP contribution in [0.3, 0.4) is 0 Å². The maximum absolute atomic E-state index is 13.0. The molecule has 0 aliphatic heterocycles. The van der Waals surface area contributed by atoms with E-state index in [2.05, 4.69) is 0 Å². The highest BCUT2D eigenvalue weighted by Crippen LogP contribution is 2.35. The molecule has 188 valence electrons. The van der Waals surface area contributed by atoms with Crippen LogP contribution in [0.2, 0.25) is 10.0 Å². The number of nitrogens with zero attached hydrogens (tertiary/aromatic N) is 2. The number of halogens is 2. The fraction of sp³-hybridized carbons (Fsp3) is 0.250. The van der Waals surface area contributed by atoms with Gasteiger partial charge in [-0.2, -0.15) is 0 Å². The van der Waals surface area contributed by atoms with Crippen LogP contribution < -0.4 is 10.4 Å². The van der Waals surface area contributed by atoms with Gasteiger partial charge < -0.3 is 9.47 Å². The minimum Gasteiger partial charge on any atom is -0.489 e. The van der Waals surface area contributed by atoms with Gasteiger partial charge in [0.2, 0.25) is 0 Å². The van der Waals surface area contributed by atoms with E-state index < -0.39 is 0 Å². The molecular formula is C28H28Cl2N2O3S. The number of hydrogen-bond donors (Lipinski definition) is 0. The van der Waals surface area contributed by atoms with Crippen LogP contribution in [0.1, 0.15) is 36.7 Å². The van der Waals surface area contributed by atoms with E-state index in [-0.39, 0.29) is 18.3 Å². The van der Waals surface area contributed by atoms with Crippen molar-refractivity contribution < 1.29 is 9.47 Å². The monoisotopic (exact) mass is 542 g/mol. The first-order valence-corrected chi connectivity index (χ1v) is 13.2. The van der Waals surface area contributed by atoms with Crippen molar-refractivity contribution >= 4 is 35.0 Å². The molecular weight excluding hydrogens is 515 g/mol. The number of aromatic nitrogens is 2. The van der Waals surface area contributed by atoms with Crippen LogP contribution in [0, 0.1) is 0 Å². The number of rotatable bonds is 10. The summed E-state index contributed by atoms with van der Waals surface area (Å²) in [5.41, 5.74) is 2.86. The zero-order chi connectivity index (χ0) is 25.7. The lowest BCUT2D eigenvalue weighted by Gasteiger charge is -2.13. The van der Waals surface area contributed by atoms with Gasteiger partial charge in [0, 0.05) is 28.0 Å². The van der Waals surface area contributed by atoms with Crippen LogP contribution in [0.5, 0.6) is 5.75 Å². The Morgan fingerprint density at radius 2 is 1.50 bits per heavy atom. The van der Waals surface area contributed by atoms with E-state index in [1.165, 1.54) is 11.8 Å². The van der Waals surface area contributed by atoms with Gasteiger partial charge in [0.1, 0.15) is 17.4 Å². The Morgan fingerprint density at radius 1 is 0.861 bits per heavy atom. The highest BCUT2D eigenvalue weighted by atomic mass is 35.5. The smallest absolute Gasteiger partial charge is 0.329 e. The Balaban J connectivity index is 1.44. The van der Waals surface area contributed by atoms with Crippen molar-refractivity contribution in [2.45, 2.75) is 49.6 Å². The predicted octanol–water partition coefficient (Wildman–Crippen LogP) is 7.52. The zero-order valence-electron chi connectivity index (χ0n) is 20.4. The molecule has 0 atom stereocenters. The van der Waals surface area contributed by atoms with Gasteiger partial charge in [0.15, 0.2) is 0 Å². The minimum atomic E-state index is -0.0841. The fourth-order valence-electron chi connectivity index (χ4n) is 3.76. The van der Waals surface area contributed by atoms with Crippen molar-refractivity contribution in [3.8, 4) is 5.75 Å². The van der Waals surface area contributed by atoms with Crippen LogP contribution >= 0.6 is 35.0 Å². The maximum atomic E-state index is 13.0. The van der Waals surface area contributed by atoms with E-state index in [4.69, 9.17) is 32.7 Å². The molecule has 4 aromatic rings. The van der Waals surface area contributed by atoms with Gasteiger partial charge >= 0.3 is 5.69 Å². The van der Waals surface area contributed by atoms with Crippen molar-refractivity contribution in [2.75, 3.05) is 0 Å². The van der Waals surface area contributed by atoms with Crippen molar-refractivity contribution in [3.05, 3.63) is 110 Å². The second-order valence-electron chi connectivity index (χ2n) is 8.68. The number of ether oxygens (including phenoxy) is 2. The van der Waals surface area contributed by atoms with Crippen LogP contribution in [0.15, 0.2) is 87.5 Å². The first kappa shape index (κ1) is 26.4. The third-order valence-electron chi connectivity index (χ3n) is 5.61. The van der Waals surface area contributed by atoms with Crippen LogP contribution in [-0.2, 0) is 31.6 Å². The van der Waals surface area contributed by atoms with E-state index in [0.29, 0.717) is 23.3 Å². The Labute approximate surface area is 225 Å². The molecule has 1 aromatic heterocycles. The van der Waals surface area contributed by atoms with E-state index in [1.54, 1.807) is 22.2 Å². The van der Waals surface area contributed by atoms with Crippen LogP contribution in [0.25, 0.3) is 0 Å². The van der Waals surface area contributed by atoms with Crippen molar-refractivity contribution in [2.24, 2.45) is 7.05 Å². The minimum absolute atomic E-state index is 0.0157. The molecule has 36 heavy (non-hydrogen) atoms. The highest BCUT2D eigenvalue weighted by Gasteiger charge is 2.21. The van der Waals surface area contributed by atoms with Crippen molar-refractivity contribution in [3.63, 3.8) is 0 Å². The maximum Gasteiger partial charge on any atom is 0.329 e. The largest absolute Gasteiger partial charge is 0.489 e. The van der Waals surface area contributed by atoms with E-state index in [1.807, 2.05) is 80.6 Å². The molecule has 0 saturated carbocycles. The SMILES string of the molecule is CC(C)n1c(Sc2cc(Cl)cc(Cl)c2)c(COCc2ccc(OCc3ccccc3)cc2)n(C)c1=O. The molecule has 0 fully saturated rings. The van der Waals surface area contributed by atoms with Gasteiger partial charge in [0.05, 0.1) is 18.9 Å². The molecule has 0 amide bonds. The lowest BCUT2D eigenvalue weighted by Crippen LogP contribution is -2.24. The molecule has 1 heterocycles. The number of hydrogen-bond acceptors (Lipinski definition) is 4. The molecule has 0 N–H and O–H groups in total. The summed E-state index contributed by atoms with van der Waals surface area (Å²) in [6.07, 6.45) is 0. The van der Waals surface area contributed by atoms with Gasteiger partial charge in [-0.25, -0.2) is 4.79 Å². The standard InChI is InChI=1S/C28H28Cl2N2O3S/c1-19(2)32-27(36-25-14-22(29)13-23(30)15-25)26(31(3)28(32)33)18-34-16-21-9-11-24(12-10-21)35-17-20-7-5-4-6-8-20/h4-15,19H,16-18H2,1-3H3. The summed E-state index contributed by atoms with van der Waals surface area (Å²) in [6, 6.07) is 23.3. The molecule has 0 aliphatic carbocycles. The summed E-state index contributed by atoms with van der Waals surface area (Å²) in [5.74, 6) is 0.804. The van der Waals surface area contributed by atoms with E-state index >= 15 is 0 Å². The third kappa shape index (κ3) is 6.56. The third-order valence-corrected chi connectivity index (χ3v) is 7.14. The lowest BCUT2D eigenvalue weighted by molar-refractivity contribution is 0.101. The first-order valence-electron chi connectivity index (χ1n) is 11.6. The van der Waals surface area contributed by atoms with E-state index in [9.17, 15) is 4.79 Å². The predicted molar refractivity (Wildman–Crippen MR) is 146 cm³/mol. The average Bonchev–Trinajstić information content (AvgIpc) is 3.08. The zero-order valence-corrected chi connectivity index (χ0v) is 22.7. The summed E-state index contributed by atoms with van der Waals surface area (Å²) in [5, 5.41) is 1.92. The number of benzene rings is 3. The molecule has 5 nitrogen and oxygen atoms in total. The molecule has 0 spiro atoms. The highest BCUT2D eigenvalue weighted by molar-refractivity contribution is 7.99. The molecule has 0 saturated heterocycles. The summed E-state index contributed by atoms with van der Waals surface area (Å²) >= 11 is 13.9. The van der Waals surface area contributed by atoms with Crippen molar-refractivity contribution in [1.82, 2.24) is 9.13 Å². The molecule has 0 unspecified atom stereocenters. The Kier molecular flexibility index (Phi) is 8.86. The summed E-state index contributed by atoms with van der Waals surface area (Å²) in [6.45, 7) is 5.20. The summed E-state index contributed by atoms with van der Waals surface area (Å²) < 4.78 is 15.3. The summed E-state index contributed by atoms with van der Waals surface area (Å²) in [4.78, 5) is 13.9. The topological polar surface area (TPSA) is 45.4 Å². The molecule has 8 heteroatoms. The quantitative estimate of drug-likeness (QED) is 0.208. The van der Waals surface area contributed by atoms with Gasteiger partial charge in [-0.05, 0) is 55.3 Å².